The fourth-order valence-corrected chi connectivity index (χ4v) is 8.28. The van der Waals surface area contributed by atoms with Crippen molar-refractivity contribution in [2.45, 2.75) is 56.3 Å². The average Bonchev–Trinajstić information content (AvgIpc) is 3.88. The molecule has 3 saturated heterocycles. The second-order valence-electron chi connectivity index (χ2n) is 14.2. The first-order chi connectivity index (χ1) is 26.4. The van der Waals surface area contributed by atoms with Crippen molar-refractivity contribution in [3.8, 4) is 23.3 Å². The van der Waals surface area contributed by atoms with Crippen molar-refractivity contribution in [3.63, 3.8) is 0 Å². The van der Waals surface area contributed by atoms with Crippen molar-refractivity contribution in [2.24, 2.45) is 0 Å². The van der Waals surface area contributed by atoms with Crippen LogP contribution in [0.15, 0.2) is 53.2 Å². The van der Waals surface area contributed by atoms with E-state index >= 15 is 4.39 Å². The quantitative estimate of drug-likeness (QED) is 0.116. The van der Waals surface area contributed by atoms with Crippen molar-refractivity contribution in [1.29, 1.82) is 5.26 Å². The molecule has 6 heterocycles. The first-order valence-corrected chi connectivity index (χ1v) is 18.2. The minimum absolute atomic E-state index is 0.0269. The lowest BCUT2D eigenvalue weighted by molar-refractivity contribution is -0.128. The highest BCUT2D eigenvalue weighted by Gasteiger charge is 2.49. The van der Waals surface area contributed by atoms with Gasteiger partial charge in [-0.15, -0.1) is 0 Å². The number of anilines is 1. The molecular weight excluding hydrogens is 742 g/mol. The van der Waals surface area contributed by atoms with Gasteiger partial charge in [0.2, 0.25) is 11.7 Å². The van der Waals surface area contributed by atoms with Gasteiger partial charge >= 0.3 is 11.9 Å². The van der Waals surface area contributed by atoms with E-state index in [2.05, 4.69) is 31.1 Å². The number of alkyl halides is 3. The molecule has 0 radical (unpaired) electrons. The van der Waals surface area contributed by atoms with Gasteiger partial charge in [0, 0.05) is 73.8 Å². The summed E-state index contributed by atoms with van der Waals surface area (Å²) in [5.41, 5.74) is -0.0737. The van der Waals surface area contributed by atoms with Crippen LogP contribution in [0.3, 0.4) is 0 Å². The molecule has 0 saturated carbocycles. The van der Waals surface area contributed by atoms with E-state index in [9.17, 15) is 23.2 Å². The highest BCUT2D eigenvalue weighted by molar-refractivity contribution is 6.36. The van der Waals surface area contributed by atoms with Crippen LogP contribution in [0.25, 0.3) is 39.0 Å². The van der Waals surface area contributed by atoms with E-state index in [0.29, 0.717) is 35.9 Å². The van der Waals surface area contributed by atoms with Gasteiger partial charge in [-0.3, -0.25) is 14.7 Å². The van der Waals surface area contributed by atoms with Crippen molar-refractivity contribution >= 4 is 51.1 Å². The molecule has 0 bridgehead atoms. The van der Waals surface area contributed by atoms with Crippen LogP contribution in [0.4, 0.5) is 23.4 Å². The van der Waals surface area contributed by atoms with Gasteiger partial charge in [-0.25, -0.2) is 8.78 Å². The van der Waals surface area contributed by atoms with Gasteiger partial charge in [0.1, 0.15) is 29.8 Å². The Morgan fingerprint density at radius 1 is 1.16 bits per heavy atom. The molecule has 1 amide bonds. The Balaban J connectivity index is 1.14. The van der Waals surface area contributed by atoms with E-state index in [1.54, 1.807) is 18.2 Å². The Morgan fingerprint density at radius 2 is 1.98 bits per heavy atom. The zero-order chi connectivity index (χ0) is 38.5. The van der Waals surface area contributed by atoms with E-state index in [-0.39, 0.29) is 67.0 Å². The summed E-state index contributed by atoms with van der Waals surface area (Å²) in [5, 5.41) is 15.1. The van der Waals surface area contributed by atoms with E-state index in [1.807, 2.05) is 23.1 Å². The molecule has 0 unspecified atom stereocenters. The molecule has 3 aliphatic heterocycles. The van der Waals surface area contributed by atoms with Crippen LogP contribution in [0.5, 0.6) is 6.01 Å². The van der Waals surface area contributed by atoms with Gasteiger partial charge in [0.05, 0.1) is 29.5 Å². The minimum atomic E-state index is -3.32. The molecule has 0 N–H and O–H groups in total. The van der Waals surface area contributed by atoms with Crippen molar-refractivity contribution < 1.29 is 31.6 Å². The number of ether oxygens (including phenoxy) is 1. The number of aromatic nitrogens is 5. The molecule has 3 atom stereocenters. The molecule has 5 aromatic rings. The number of halogens is 5. The maximum atomic E-state index is 16.9. The number of benzene rings is 2. The van der Waals surface area contributed by atoms with Crippen LogP contribution in [-0.4, -0.2) is 97.9 Å². The molecule has 2 aromatic carbocycles. The monoisotopic (exact) mass is 775 g/mol. The number of carbonyl (C=O) groups excluding carboxylic acids is 1. The van der Waals surface area contributed by atoms with E-state index < -0.39 is 41.2 Å². The molecule has 0 spiro atoms. The number of nitriles is 1. The first kappa shape index (κ1) is 36.6. The third-order valence-electron chi connectivity index (χ3n) is 10.6. The standard InChI is InChI=1S/C38H34ClF4N9O3/c1-37(42,43)35-46-28(55-49-35)9-10-29(53)52-16-15-50(20-24(52)11-13-44)34-26-18-45-32(25-7-2-5-22-6-3-8-27(39)30(22)25)31(41)33(26)47-36(48-34)54-21-38-12-4-14-51(38)19-23(40)17-38/h2-3,5-10,18,23-24H,4,11-12,14-17,19-21H2,1H3/b10-9+/t23-,24+,38+/m1/s1. The molecular formula is C38H34ClF4N9O3. The highest BCUT2D eigenvalue weighted by Crippen LogP contribution is 2.41. The third kappa shape index (κ3) is 6.91. The Kier molecular flexibility index (Phi) is 9.54. The number of carbonyl (C=O) groups is 1. The largest absolute Gasteiger partial charge is 0.461 e. The lowest BCUT2D eigenvalue weighted by Crippen LogP contribution is -2.55. The van der Waals surface area contributed by atoms with Crippen molar-refractivity contribution in [2.75, 3.05) is 44.2 Å². The second kappa shape index (κ2) is 14.3. The maximum absolute atomic E-state index is 16.9. The Morgan fingerprint density at radius 3 is 2.76 bits per heavy atom. The summed E-state index contributed by atoms with van der Waals surface area (Å²) in [6.45, 7) is 2.28. The number of piperazine rings is 1. The molecule has 17 heteroatoms. The van der Waals surface area contributed by atoms with Gasteiger partial charge in [-0.1, -0.05) is 47.1 Å². The summed E-state index contributed by atoms with van der Waals surface area (Å²) >= 11 is 6.61. The summed E-state index contributed by atoms with van der Waals surface area (Å²) < 4.78 is 69.8. The number of pyridine rings is 1. The topological polar surface area (TPSA) is 137 Å². The molecule has 8 rings (SSSR count). The summed E-state index contributed by atoms with van der Waals surface area (Å²) in [7, 11) is 0. The third-order valence-corrected chi connectivity index (χ3v) is 10.9. The summed E-state index contributed by atoms with van der Waals surface area (Å²) in [6, 6.07) is 12.2. The molecule has 3 fully saturated rings. The van der Waals surface area contributed by atoms with Crippen molar-refractivity contribution in [3.05, 3.63) is 71.2 Å². The molecule has 12 nitrogen and oxygen atoms in total. The summed E-state index contributed by atoms with van der Waals surface area (Å²) in [6.07, 6.45) is 4.67. The number of amides is 1. The zero-order valence-corrected chi connectivity index (χ0v) is 30.3. The fraction of sp³-hybridized carbons (Fsp3) is 0.395. The van der Waals surface area contributed by atoms with Crippen LogP contribution >= 0.6 is 11.6 Å². The van der Waals surface area contributed by atoms with Gasteiger partial charge in [0.25, 0.3) is 5.89 Å². The molecule has 55 heavy (non-hydrogen) atoms. The van der Waals surface area contributed by atoms with Crippen molar-refractivity contribution in [1.82, 2.24) is 34.9 Å². The van der Waals surface area contributed by atoms with Crippen LogP contribution < -0.4 is 9.64 Å². The van der Waals surface area contributed by atoms with Gasteiger partial charge in [0.15, 0.2) is 5.82 Å². The highest BCUT2D eigenvalue weighted by atomic mass is 35.5. The predicted molar refractivity (Wildman–Crippen MR) is 195 cm³/mol. The Labute approximate surface area is 317 Å². The van der Waals surface area contributed by atoms with Gasteiger partial charge in [-0.2, -0.15) is 29.0 Å². The number of hydrogen-bond donors (Lipinski definition) is 0. The average molecular weight is 776 g/mol. The SMILES string of the molecule is CC(F)(F)c1noc(/C=C/C(=O)N2CCN(c3nc(OC[C@@]45CCCN4C[C@H](F)C5)nc4c(F)c(-c5cccc6cccc(Cl)c56)ncc34)C[C@@H]2CC#N)n1. The number of fused-ring (bicyclic) bond motifs is 3. The molecule has 284 valence electrons. The second-order valence-corrected chi connectivity index (χ2v) is 14.6. The lowest BCUT2D eigenvalue weighted by Gasteiger charge is -2.41. The normalized spacial score (nSPS) is 21.8. The van der Waals surface area contributed by atoms with Gasteiger partial charge in [-0.05, 0) is 30.8 Å². The lowest BCUT2D eigenvalue weighted by atomic mass is 9.95. The maximum Gasteiger partial charge on any atom is 0.319 e. The summed E-state index contributed by atoms with van der Waals surface area (Å²) in [5.74, 6) is -5.35. The smallest absolute Gasteiger partial charge is 0.319 e. The minimum Gasteiger partial charge on any atom is -0.461 e. The fourth-order valence-electron chi connectivity index (χ4n) is 7.99. The predicted octanol–water partition coefficient (Wildman–Crippen LogP) is 6.73. The number of rotatable bonds is 9. The van der Waals surface area contributed by atoms with Crippen LogP contribution in [0.1, 0.15) is 44.3 Å². The van der Waals surface area contributed by atoms with Crippen LogP contribution in [-0.2, 0) is 10.7 Å². The first-order valence-electron chi connectivity index (χ1n) is 17.8. The van der Waals surface area contributed by atoms with E-state index in [1.165, 1.54) is 11.1 Å². The van der Waals surface area contributed by atoms with E-state index in [0.717, 1.165) is 36.9 Å². The molecule has 3 aromatic heterocycles. The number of hydrogen-bond acceptors (Lipinski definition) is 11. The Bertz CT molecular complexity index is 2360. The zero-order valence-electron chi connectivity index (χ0n) is 29.6. The van der Waals surface area contributed by atoms with Crippen LogP contribution in [0, 0.1) is 17.1 Å². The molecule has 0 aliphatic carbocycles. The van der Waals surface area contributed by atoms with Crippen LogP contribution in [0.2, 0.25) is 5.02 Å². The Hall–Kier alpha value is -5.40. The summed E-state index contributed by atoms with van der Waals surface area (Å²) in [4.78, 5) is 36.2. The number of nitrogens with zero attached hydrogens (tertiary/aromatic N) is 9. The van der Waals surface area contributed by atoms with Gasteiger partial charge < -0.3 is 19.1 Å². The molecule has 3 aliphatic rings. The van der Waals surface area contributed by atoms with E-state index in [4.69, 9.17) is 25.8 Å².